The number of nitrogens with zero attached hydrogens (tertiary/aromatic N) is 1. The lowest BCUT2D eigenvalue weighted by atomic mass is 10.3. The smallest absolute Gasteiger partial charge is 0.242 e. The van der Waals surface area contributed by atoms with Gasteiger partial charge in [0.15, 0.2) is 5.17 Å². The molecule has 0 fully saturated rings. The Morgan fingerprint density at radius 3 is 3.00 bits per heavy atom. The highest BCUT2D eigenvalue weighted by Crippen LogP contribution is 2.18. The highest BCUT2D eigenvalue weighted by atomic mass is 32.2. The number of amides is 1. The number of carbonyl (C=O) groups is 1. The van der Waals surface area contributed by atoms with Crippen LogP contribution in [0.25, 0.3) is 0 Å². The van der Waals surface area contributed by atoms with Gasteiger partial charge in [0.2, 0.25) is 5.91 Å². The molecule has 2 N–H and O–H groups in total. The van der Waals surface area contributed by atoms with Crippen molar-refractivity contribution in [2.75, 3.05) is 13.1 Å². The second-order valence-corrected chi connectivity index (χ2v) is 5.16. The number of amidine groups is 1. The molecule has 4 nitrogen and oxygen atoms in total. The van der Waals surface area contributed by atoms with Crippen LogP contribution in [0, 0.1) is 0 Å². The molecule has 0 spiro atoms. The lowest BCUT2D eigenvalue weighted by Gasteiger charge is -2.14. The van der Waals surface area contributed by atoms with Gasteiger partial charge in [0.25, 0.3) is 0 Å². The van der Waals surface area contributed by atoms with Gasteiger partial charge in [-0.15, -0.1) is 0 Å². The molecule has 0 saturated carbocycles. The first-order chi connectivity index (χ1) is 7.13. The summed E-state index contributed by atoms with van der Waals surface area (Å²) in [5, 5.41) is 7.39. The molecule has 1 heterocycles. The maximum atomic E-state index is 11.5. The predicted molar refractivity (Wildman–Crippen MR) is 65.3 cm³/mol. The Bertz CT molecular complexity index is 255. The summed E-state index contributed by atoms with van der Waals surface area (Å²) in [5.74, 6) is 0.0414. The number of carbonyl (C=O) groups excluding carboxylic acids is 1. The van der Waals surface area contributed by atoms with E-state index in [9.17, 15) is 4.79 Å². The van der Waals surface area contributed by atoms with Gasteiger partial charge >= 0.3 is 0 Å². The molecule has 0 radical (unpaired) electrons. The zero-order valence-electron chi connectivity index (χ0n) is 9.54. The van der Waals surface area contributed by atoms with Crippen molar-refractivity contribution in [2.45, 2.75) is 38.5 Å². The van der Waals surface area contributed by atoms with Crippen LogP contribution in [0.1, 0.15) is 27.2 Å². The first-order valence-electron chi connectivity index (χ1n) is 5.38. The van der Waals surface area contributed by atoms with Crippen molar-refractivity contribution in [1.82, 2.24) is 10.6 Å². The normalized spacial score (nSPS) is 22.1. The second kappa shape index (κ2) is 6.00. The van der Waals surface area contributed by atoms with Gasteiger partial charge < -0.3 is 10.6 Å². The van der Waals surface area contributed by atoms with Crippen molar-refractivity contribution in [3.05, 3.63) is 0 Å². The molecular weight excluding hydrogens is 210 g/mol. The maximum Gasteiger partial charge on any atom is 0.242 e. The summed E-state index contributed by atoms with van der Waals surface area (Å²) >= 11 is 1.69. The minimum atomic E-state index is -0.201. The Morgan fingerprint density at radius 2 is 2.47 bits per heavy atom. The van der Waals surface area contributed by atoms with E-state index in [0.717, 1.165) is 24.7 Å². The molecule has 2 unspecified atom stereocenters. The molecule has 0 aromatic heterocycles. The monoisotopic (exact) mass is 229 g/mol. The van der Waals surface area contributed by atoms with Gasteiger partial charge in [-0.1, -0.05) is 25.6 Å². The molecule has 2 atom stereocenters. The third-order valence-electron chi connectivity index (χ3n) is 2.09. The van der Waals surface area contributed by atoms with Gasteiger partial charge in [-0.05, 0) is 13.3 Å². The largest absolute Gasteiger partial charge is 0.354 e. The molecule has 0 aromatic rings. The molecule has 1 aliphatic rings. The Balaban J connectivity index is 2.29. The highest BCUT2D eigenvalue weighted by molar-refractivity contribution is 8.14. The molecule has 0 aromatic carbocycles. The Kier molecular flexibility index (Phi) is 4.94. The zero-order chi connectivity index (χ0) is 11.3. The minimum absolute atomic E-state index is 0.0414. The molecule has 1 amide bonds. The Morgan fingerprint density at radius 1 is 1.73 bits per heavy atom. The molecule has 1 aliphatic heterocycles. The van der Waals surface area contributed by atoms with Crippen LogP contribution >= 0.6 is 11.8 Å². The van der Waals surface area contributed by atoms with Gasteiger partial charge in [0.1, 0.15) is 6.04 Å². The van der Waals surface area contributed by atoms with E-state index in [1.165, 1.54) is 0 Å². The standard InChI is InChI=1S/C10H19N3OS/c1-4-5-11-9(14)8(3)13-10-12-6-7(2)15-10/h7-8H,4-6H2,1-3H3,(H,11,14)(H,12,13). The summed E-state index contributed by atoms with van der Waals surface area (Å²) in [6.45, 7) is 7.61. The molecule has 0 bridgehead atoms. The zero-order valence-corrected chi connectivity index (χ0v) is 10.4. The van der Waals surface area contributed by atoms with Crippen molar-refractivity contribution < 1.29 is 4.79 Å². The van der Waals surface area contributed by atoms with E-state index in [-0.39, 0.29) is 11.9 Å². The average Bonchev–Trinajstić information content (AvgIpc) is 2.60. The topological polar surface area (TPSA) is 53.5 Å². The molecule has 1 rings (SSSR count). The SMILES string of the molecule is CCCNC(=O)C(C)NC1=NCC(C)S1. The first-order valence-corrected chi connectivity index (χ1v) is 6.26. The summed E-state index contributed by atoms with van der Waals surface area (Å²) in [5.41, 5.74) is 0. The third kappa shape index (κ3) is 4.11. The van der Waals surface area contributed by atoms with Crippen LogP contribution in [0.2, 0.25) is 0 Å². The van der Waals surface area contributed by atoms with Crippen molar-refractivity contribution in [2.24, 2.45) is 4.99 Å². The summed E-state index contributed by atoms with van der Waals surface area (Å²) in [4.78, 5) is 15.8. The fourth-order valence-corrected chi connectivity index (χ4v) is 2.13. The predicted octanol–water partition coefficient (Wildman–Crippen LogP) is 0.982. The first kappa shape index (κ1) is 12.4. The van der Waals surface area contributed by atoms with Gasteiger partial charge in [0, 0.05) is 11.8 Å². The van der Waals surface area contributed by atoms with E-state index in [1.807, 2.05) is 13.8 Å². The van der Waals surface area contributed by atoms with Gasteiger partial charge in [0.05, 0.1) is 6.54 Å². The average molecular weight is 229 g/mol. The molecular formula is C10H19N3OS. The van der Waals surface area contributed by atoms with E-state index >= 15 is 0 Å². The third-order valence-corrected chi connectivity index (χ3v) is 3.11. The van der Waals surface area contributed by atoms with E-state index in [2.05, 4.69) is 22.5 Å². The van der Waals surface area contributed by atoms with Crippen LogP contribution in [-0.4, -0.2) is 35.5 Å². The summed E-state index contributed by atoms with van der Waals surface area (Å²) in [6, 6.07) is -0.201. The van der Waals surface area contributed by atoms with Crippen LogP contribution in [0.15, 0.2) is 4.99 Å². The number of rotatable bonds is 4. The summed E-state index contributed by atoms with van der Waals surface area (Å²) < 4.78 is 0. The van der Waals surface area contributed by atoms with Crippen molar-refractivity contribution in [3.8, 4) is 0 Å². The number of nitrogens with one attached hydrogen (secondary N) is 2. The number of hydrogen-bond donors (Lipinski definition) is 2. The molecule has 5 heteroatoms. The van der Waals surface area contributed by atoms with E-state index < -0.39 is 0 Å². The Hall–Kier alpha value is -0.710. The van der Waals surface area contributed by atoms with Gasteiger partial charge in [-0.25, -0.2) is 0 Å². The maximum absolute atomic E-state index is 11.5. The van der Waals surface area contributed by atoms with Crippen LogP contribution in [0.3, 0.4) is 0 Å². The summed E-state index contributed by atoms with van der Waals surface area (Å²) in [7, 11) is 0. The molecule has 15 heavy (non-hydrogen) atoms. The Labute approximate surface area is 95.3 Å². The van der Waals surface area contributed by atoms with E-state index in [1.54, 1.807) is 11.8 Å². The highest BCUT2D eigenvalue weighted by Gasteiger charge is 2.19. The lowest BCUT2D eigenvalue weighted by Crippen LogP contribution is -2.44. The fraction of sp³-hybridized carbons (Fsp3) is 0.800. The van der Waals surface area contributed by atoms with Crippen molar-refractivity contribution in [1.29, 1.82) is 0 Å². The quantitative estimate of drug-likeness (QED) is 0.755. The van der Waals surface area contributed by atoms with Crippen LogP contribution in [-0.2, 0) is 4.79 Å². The van der Waals surface area contributed by atoms with Crippen LogP contribution in [0.4, 0.5) is 0 Å². The molecule has 0 saturated heterocycles. The van der Waals surface area contributed by atoms with Crippen LogP contribution in [0.5, 0.6) is 0 Å². The minimum Gasteiger partial charge on any atom is -0.354 e. The van der Waals surface area contributed by atoms with E-state index in [0.29, 0.717) is 5.25 Å². The molecule has 0 aliphatic carbocycles. The van der Waals surface area contributed by atoms with E-state index in [4.69, 9.17) is 0 Å². The number of thioether (sulfide) groups is 1. The number of hydrogen-bond acceptors (Lipinski definition) is 4. The lowest BCUT2D eigenvalue weighted by molar-refractivity contribution is -0.122. The number of aliphatic imine (C=N–C) groups is 1. The van der Waals surface area contributed by atoms with Gasteiger partial charge in [-0.2, -0.15) is 0 Å². The van der Waals surface area contributed by atoms with Crippen molar-refractivity contribution in [3.63, 3.8) is 0 Å². The molecule has 86 valence electrons. The summed E-state index contributed by atoms with van der Waals surface area (Å²) in [6.07, 6.45) is 0.963. The van der Waals surface area contributed by atoms with Crippen molar-refractivity contribution >= 4 is 22.8 Å². The second-order valence-electron chi connectivity index (χ2n) is 3.73. The van der Waals surface area contributed by atoms with Crippen LogP contribution < -0.4 is 10.6 Å². The fourth-order valence-electron chi connectivity index (χ4n) is 1.21. The van der Waals surface area contributed by atoms with Gasteiger partial charge in [-0.3, -0.25) is 9.79 Å².